The van der Waals surface area contributed by atoms with Gasteiger partial charge in [-0.1, -0.05) is 164 Å². The number of rotatable bonds is 7. The fourth-order valence-electron chi connectivity index (χ4n) is 8.43. The third-order valence-corrected chi connectivity index (χ3v) is 10.9. The van der Waals surface area contributed by atoms with Crippen LogP contribution in [0.4, 0.5) is 17.1 Å². The maximum atomic E-state index is 2.37. The van der Waals surface area contributed by atoms with Crippen LogP contribution in [0.3, 0.4) is 0 Å². The minimum Gasteiger partial charge on any atom is -0.311 e. The Morgan fingerprint density at radius 1 is 0.296 bits per heavy atom. The van der Waals surface area contributed by atoms with E-state index in [1.54, 1.807) is 0 Å². The van der Waals surface area contributed by atoms with Gasteiger partial charge in [-0.05, 0) is 131 Å². The highest BCUT2D eigenvalue weighted by atomic mass is 15.1. The second-order valence-corrected chi connectivity index (χ2v) is 14.1. The summed E-state index contributed by atoms with van der Waals surface area (Å²) in [6.45, 7) is 0. The summed E-state index contributed by atoms with van der Waals surface area (Å²) in [5, 5.41) is 10.2. The van der Waals surface area contributed by atoms with Gasteiger partial charge in [-0.3, -0.25) is 0 Å². The van der Waals surface area contributed by atoms with Crippen molar-refractivity contribution in [2.75, 3.05) is 4.90 Å². The largest absolute Gasteiger partial charge is 0.311 e. The maximum Gasteiger partial charge on any atom is 0.0462 e. The lowest BCUT2D eigenvalue weighted by Crippen LogP contribution is -2.09. The fourth-order valence-corrected chi connectivity index (χ4v) is 8.43. The van der Waals surface area contributed by atoms with Gasteiger partial charge in [-0.15, -0.1) is 0 Å². The standard InChI is InChI=1S/C53H37N/c1-4-16-37(17-5-1)52-48-28-13-12-27-47(48)51(38-30-32-46(33-31-38)54(44-23-6-2-7-24-44)45-25-8-3-9-26-45)49-29-15-22-43(53(49)52)35-42-21-14-20-41-34-39-18-10-11-19-40(39)36-50(41)42/h1-34,36H,35H2. The first-order valence-corrected chi connectivity index (χ1v) is 18.7. The predicted molar refractivity (Wildman–Crippen MR) is 231 cm³/mol. The van der Waals surface area contributed by atoms with Crippen LogP contribution in [0.25, 0.3) is 65.3 Å². The van der Waals surface area contributed by atoms with Gasteiger partial charge in [0.1, 0.15) is 0 Å². The summed E-state index contributed by atoms with van der Waals surface area (Å²) in [4.78, 5) is 2.32. The van der Waals surface area contributed by atoms with Gasteiger partial charge in [-0.25, -0.2) is 0 Å². The van der Waals surface area contributed by atoms with Crippen molar-refractivity contribution < 1.29 is 0 Å². The average Bonchev–Trinajstić information content (AvgIpc) is 3.24. The molecule has 0 bridgehead atoms. The Bertz CT molecular complexity index is 2890. The second-order valence-electron chi connectivity index (χ2n) is 14.1. The highest BCUT2D eigenvalue weighted by Gasteiger charge is 2.20. The van der Waals surface area contributed by atoms with Crippen molar-refractivity contribution in [2.24, 2.45) is 0 Å². The molecule has 0 aromatic heterocycles. The molecule has 1 nitrogen and oxygen atoms in total. The van der Waals surface area contributed by atoms with E-state index in [1.807, 2.05) is 0 Å². The molecule has 0 aliphatic heterocycles. The van der Waals surface area contributed by atoms with Crippen molar-refractivity contribution in [3.8, 4) is 22.3 Å². The SMILES string of the molecule is c1ccc(-c2c3ccccc3c(-c3ccc(N(c4ccccc4)c4ccccc4)cc3)c3cccc(Cc4cccc5cc6ccccc6cc45)c23)cc1. The number of hydrogen-bond acceptors (Lipinski definition) is 1. The molecule has 254 valence electrons. The second kappa shape index (κ2) is 13.5. The fraction of sp³-hybridized carbons (Fsp3) is 0.0189. The number of hydrogen-bond donors (Lipinski definition) is 0. The number of para-hydroxylation sites is 2. The lowest BCUT2D eigenvalue weighted by Gasteiger charge is -2.26. The molecular formula is C53H37N. The van der Waals surface area contributed by atoms with Crippen LogP contribution in [0.5, 0.6) is 0 Å². The molecule has 10 aromatic carbocycles. The molecule has 0 spiro atoms. The summed E-state index contributed by atoms with van der Waals surface area (Å²) in [6, 6.07) is 77.4. The molecule has 0 amide bonds. The Labute approximate surface area is 316 Å². The molecule has 10 rings (SSSR count). The number of fused-ring (bicyclic) bond motifs is 4. The molecule has 0 fully saturated rings. The van der Waals surface area contributed by atoms with Gasteiger partial charge in [0.15, 0.2) is 0 Å². The van der Waals surface area contributed by atoms with E-state index in [1.165, 1.54) is 76.5 Å². The van der Waals surface area contributed by atoms with Crippen LogP contribution in [-0.2, 0) is 6.42 Å². The van der Waals surface area contributed by atoms with Gasteiger partial charge < -0.3 is 4.90 Å². The molecule has 0 radical (unpaired) electrons. The van der Waals surface area contributed by atoms with Crippen molar-refractivity contribution in [2.45, 2.75) is 6.42 Å². The van der Waals surface area contributed by atoms with Crippen molar-refractivity contribution in [1.82, 2.24) is 0 Å². The molecule has 0 N–H and O–H groups in total. The Balaban J connectivity index is 1.19. The summed E-state index contributed by atoms with van der Waals surface area (Å²) in [5.41, 5.74) is 11.0. The topological polar surface area (TPSA) is 3.24 Å². The van der Waals surface area contributed by atoms with Gasteiger partial charge in [0, 0.05) is 17.1 Å². The molecule has 1 heteroatoms. The Kier molecular flexibility index (Phi) is 7.96. The Morgan fingerprint density at radius 3 is 1.46 bits per heavy atom. The van der Waals surface area contributed by atoms with Gasteiger partial charge in [0.25, 0.3) is 0 Å². The van der Waals surface area contributed by atoms with E-state index in [2.05, 4.69) is 217 Å². The lowest BCUT2D eigenvalue weighted by molar-refractivity contribution is 1.24. The van der Waals surface area contributed by atoms with Gasteiger partial charge in [-0.2, -0.15) is 0 Å². The van der Waals surface area contributed by atoms with E-state index in [9.17, 15) is 0 Å². The van der Waals surface area contributed by atoms with Crippen LogP contribution >= 0.6 is 0 Å². The van der Waals surface area contributed by atoms with Crippen LogP contribution in [0.1, 0.15) is 11.1 Å². The van der Waals surface area contributed by atoms with Crippen molar-refractivity contribution in [3.63, 3.8) is 0 Å². The maximum absolute atomic E-state index is 2.37. The number of anilines is 3. The summed E-state index contributed by atoms with van der Waals surface area (Å²) in [5.74, 6) is 0. The van der Waals surface area contributed by atoms with Crippen LogP contribution in [0.2, 0.25) is 0 Å². The van der Waals surface area contributed by atoms with Gasteiger partial charge in [0.2, 0.25) is 0 Å². The van der Waals surface area contributed by atoms with E-state index in [-0.39, 0.29) is 0 Å². The molecular weight excluding hydrogens is 651 g/mol. The van der Waals surface area contributed by atoms with Gasteiger partial charge in [0.05, 0.1) is 0 Å². The molecule has 54 heavy (non-hydrogen) atoms. The van der Waals surface area contributed by atoms with Crippen molar-refractivity contribution in [1.29, 1.82) is 0 Å². The highest BCUT2D eigenvalue weighted by molar-refractivity contribution is 6.22. The molecule has 0 aliphatic rings. The van der Waals surface area contributed by atoms with Crippen LogP contribution < -0.4 is 4.90 Å². The average molecular weight is 688 g/mol. The highest BCUT2D eigenvalue weighted by Crippen LogP contribution is 2.46. The summed E-state index contributed by atoms with van der Waals surface area (Å²) < 4.78 is 0. The molecule has 0 atom stereocenters. The third kappa shape index (κ3) is 5.59. The molecule has 0 aliphatic carbocycles. The first kappa shape index (κ1) is 31.7. The molecule has 0 saturated heterocycles. The first-order valence-electron chi connectivity index (χ1n) is 18.7. The van der Waals surface area contributed by atoms with Crippen LogP contribution in [0.15, 0.2) is 212 Å². The van der Waals surface area contributed by atoms with Crippen LogP contribution in [0, 0.1) is 0 Å². The lowest BCUT2D eigenvalue weighted by atomic mass is 9.83. The molecule has 0 heterocycles. The van der Waals surface area contributed by atoms with Gasteiger partial charge >= 0.3 is 0 Å². The minimum atomic E-state index is 0.826. The predicted octanol–water partition coefficient (Wildman–Crippen LogP) is 14.7. The summed E-state index contributed by atoms with van der Waals surface area (Å²) >= 11 is 0. The minimum absolute atomic E-state index is 0.826. The van der Waals surface area contributed by atoms with E-state index in [0.717, 1.165) is 23.5 Å². The Hall–Kier alpha value is -6.96. The normalized spacial score (nSPS) is 11.4. The van der Waals surface area contributed by atoms with E-state index >= 15 is 0 Å². The molecule has 10 aromatic rings. The Morgan fingerprint density at radius 2 is 0.778 bits per heavy atom. The van der Waals surface area contributed by atoms with E-state index < -0.39 is 0 Å². The zero-order valence-corrected chi connectivity index (χ0v) is 29.9. The monoisotopic (exact) mass is 687 g/mol. The zero-order valence-electron chi connectivity index (χ0n) is 29.9. The first-order chi connectivity index (χ1) is 26.8. The smallest absolute Gasteiger partial charge is 0.0462 e. The quantitative estimate of drug-likeness (QED) is 0.151. The zero-order chi connectivity index (χ0) is 35.8. The number of benzene rings is 10. The van der Waals surface area contributed by atoms with E-state index in [0.29, 0.717) is 0 Å². The van der Waals surface area contributed by atoms with Crippen molar-refractivity contribution >= 4 is 60.2 Å². The summed E-state index contributed by atoms with van der Waals surface area (Å²) in [6.07, 6.45) is 0.826. The third-order valence-electron chi connectivity index (χ3n) is 10.9. The summed E-state index contributed by atoms with van der Waals surface area (Å²) in [7, 11) is 0. The number of nitrogens with zero attached hydrogens (tertiary/aromatic N) is 1. The van der Waals surface area contributed by atoms with Crippen molar-refractivity contribution in [3.05, 3.63) is 223 Å². The molecule has 0 saturated carbocycles. The van der Waals surface area contributed by atoms with Crippen LogP contribution in [-0.4, -0.2) is 0 Å². The van der Waals surface area contributed by atoms with E-state index in [4.69, 9.17) is 0 Å². The molecule has 0 unspecified atom stereocenters.